The Morgan fingerprint density at radius 1 is 0.971 bits per heavy atom. The molecule has 2 aromatic carbocycles. The van der Waals surface area contributed by atoms with E-state index in [1.54, 1.807) is 47.0 Å². The van der Waals surface area contributed by atoms with Crippen LogP contribution in [0.4, 0.5) is 11.4 Å². The van der Waals surface area contributed by atoms with E-state index in [2.05, 4.69) is 25.7 Å². The first-order valence-electron chi connectivity index (χ1n) is 11.1. The molecule has 0 aliphatic rings. The van der Waals surface area contributed by atoms with Crippen LogP contribution >= 0.6 is 0 Å². The summed E-state index contributed by atoms with van der Waals surface area (Å²) in [6, 6.07) is 14.0. The van der Waals surface area contributed by atoms with Gasteiger partial charge >= 0.3 is 0 Å². The second-order valence-electron chi connectivity index (χ2n) is 7.85. The Hall–Kier alpha value is -4.47. The number of hydrogen-bond acceptors (Lipinski definition) is 7. The van der Waals surface area contributed by atoms with Crippen LogP contribution in [0.1, 0.15) is 23.4 Å². The first kappa shape index (κ1) is 23.7. The second kappa shape index (κ2) is 10.6. The fourth-order valence-corrected chi connectivity index (χ4v) is 3.73. The summed E-state index contributed by atoms with van der Waals surface area (Å²) in [6.45, 7) is 3.66. The van der Waals surface area contributed by atoms with Crippen LogP contribution in [0.2, 0.25) is 0 Å². The van der Waals surface area contributed by atoms with E-state index in [-0.39, 0.29) is 24.8 Å². The van der Waals surface area contributed by atoms with Crippen molar-refractivity contribution in [3.8, 4) is 11.5 Å². The standard InChI is InChI=1S/C25H26N6O4/c1-16-20(17(2)31-25(28-16)26-15-27-31)11-12-23(32)29-18-7-6-8-19(13-18)30-24(33)14-35-22-10-5-4-9-21(22)34-3/h4-10,13,15H,11-12,14H2,1-3H3,(H,29,32)(H,30,33). The maximum absolute atomic E-state index is 12.6. The van der Waals surface area contributed by atoms with Crippen molar-refractivity contribution in [2.24, 2.45) is 0 Å². The molecule has 0 unspecified atom stereocenters. The molecule has 180 valence electrons. The Bertz CT molecular complexity index is 1370. The van der Waals surface area contributed by atoms with Crippen molar-refractivity contribution in [2.75, 3.05) is 24.4 Å². The van der Waals surface area contributed by atoms with Gasteiger partial charge in [-0.1, -0.05) is 18.2 Å². The van der Waals surface area contributed by atoms with Crippen LogP contribution in [0.5, 0.6) is 11.5 Å². The smallest absolute Gasteiger partial charge is 0.262 e. The maximum atomic E-state index is 12.6. The fourth-order valence-electron chi connectivity index (χ4n) is 3.73. The number of rotatable bonds is 9. The fraction of sp³-hybridized carbons (Fsp3) is 0.240. The molecule has 2 amide bonds. The molecule has 0 saturated heterocycles. The predicted molar refractivity (Wildman–Crippen MR) is 131 cm³/mol. The van der Waals surface area contributed by atoms with Crippen molar-refractivity contribution in [3.63, 3.8) is 0 Å². The van der Waals surface area contributed by atoms with Crippen LogP contribution in [0.15, 0.2) is 54.9 Å². The average molecular weight is 475 g/mol. The number of nitrogens with zero attached hydrogens (tertiary/aromatic N) is 4. The number of aromatic nitrogens is 4. The lowest BCUT2D eigenvalue weighted by molar-refractivity contribution is -0.118. The third kappa shape index (κ3) is 5.72. The Kier molecular flexibility index (Phi) is 7.20. The number of carbonyl (C=O) groups is 2. The van der Waals surface area contributed by atoms with Gasteiger partial charge in [0.05, 0.1) is 7.11 Å². The van der Waals surface area contributed by atoms with Gasteiger partial charge < -0.3 is 20.1 Å². The zero-order valence-corrected chi connectivity index (χ0v) is 19.7. The number of aryl methyl sites for hydroxylation is 2. The van der Waals surface area contributed by atoms with E-state index in [4.69, 9.17) is 9.47 Å². The van der Waals surface area contributed by atoms with E-state index in [0.717, 1.165) is 17.0 Å². The predicted octanol–water partition coefficient (Wildman–Crippen LogP) is 3.34. The number of ether oxygens (including phenoxy) is 2. The highest BCUT2D eigenvalue weighted by Crippen LogP contribution is 2.25. The zero-order valence-electron chi connectivity index (χ0n) is 19.7. The van der Waals surface area contributed by atoms with Crippen LogP contribution in [0.25, 0.3) is 5.78 Å². The number of methoxy groups -OCH3 is 1. The molecule has 2 aromatic heterocycles. The molecule has 4 aromatic rings. The van der Waals surface area contributed by atoms with Crippen LogP contribution in [-0.4, -0.2) is 45.1 Å². The highest BCUT2D eigenvalue weighted by Gasteiger charge is 2.13. The van der Waals surface area contributed by atoms with Crippen molar-refractivity contribution in [2.45, 2.75) is 26.7 Å². The number of benzene rings is 2. The van der Waals surface area contributed by atoms with Gasteiger partial charge in [-0.15, -0.1) is 0 Å². The SMILES string of the molecule is COc1ccccc1OCC(=O)Nc1cccc(NC(=O)CCc2c(C)nc3ncnn3c2C)c1. The second-order valence-corrected chi connectivity index (χ2v) is 7.85. The van der Waals surface area contributed by atoms with Gasteiger partial charge in [0.15, 0.2) is 18.1 Å². The van der Waals surface area contributed by atoms with Gasteiger partial charge in [0.2, 0.25) is 5.91 Å². The van der Waals surface area contributed by atoms with E-state index >= 15 is 0 Å². The highest BCUT2D eigenvalue weighted by atomic mass is 16.5. The minimum atomic E-state index is -0.332. The first-order valence-corrected chi connectivity index (χ1v) is 11.1. The molecule has 0 atom stereocenters. The molecule has 10 heteroatoms. The van der Waals surface area contributed by atoms with Crippen molar-refractivity contribution < 1.29 is 19.1 Å². The molecule has 0 saturated carbocycles. The molecule has 0 aliphatic carbocycles. The molecular formula is C25H26N6O4. The average Bonchev–Trinajstić information content (AvgIpc) is 3.31. The zero-order chi connectivity index (χ0) is 24.8. The molecule has 0 spiro atoms. The Labute approximate surface area is 202 Å². The number of para-hydroxylation sites is 2. The van der Waals surface area contributed by atoms with E-state index in [1.165, 1.54) is 13.4 Å². The molecule has 0 radical (unpaired) electrons. The van der Waals surface area contributed by atoms with Gasteiger partial charge in [0.1, 0.15) is 6.33 Å². The lowest BCUT2D eigenvalue weighted by atomic mass is 10.1. The molecule has 0 fully saturated rings. The number of fused-ring (bicyclic) bond motifs is 1. The van der Waals surface area contributed by atoms with Crippen LogP contribution in [0, 0.1) is 13.8 Å². The number of amides is 2. The minimum absolute atomic E-state index is 0.148. The van der Waals surface area contributed by atoms with E-state index in [9.17, 15) is 9.59 Å². The lowest BCUT2D eigenvalue weighted by Gasteiger charge is -2.12. The van der Waals surface area contributed by atoms with Crippen molar-refractivity contribution in [1.82, 2.24) is 19.6 Å². The van der Waals surface area contributed by atoms with Gasteiger partial charge in [0, 0.05) is 29.2 Å². The van der Waals surface area contributed by atoms with Crippen LogP contribution < -0.4 is 20.1 Å². The molecule has 2 N–H and O–H groups in total. The summed E-state index contributed by atoms with van der Waals surface area (Å²) in [5.41, 5.74) is 3.84. The van der Waals surface area contributed by atoms with Gasteiger partial charge in [-0.25, -0.2) is 9.50 Å². The largest absolute Gasteiger partial charge is 0.493 e. The molecule has 2 heterocycles. The normalized spacial score (nSPS) is 10.7. The first-order chi connectivity index (χ1) is 16.9. The van der Waals surface area contributed by atoms with Crippen LogP contribution in [0.3, 0.4) is 0 Å². The van der Waals surface area contributed by atoms with Gasteiger partial charge in [-0.3, -0.25) is 9.59 Å². The number of hydrogen-bond donors (Lipinski definition) is 2. The van der Waals surface area contributed by atoms with Gasteiger partial charge in [-0.2, -0.15) is 10.1 Å². The van der Waals surface area contributed by atoms with Gasteiger partial charge in [0.25, 0.3) is 11.7 Å². The Morgan fingerprint density at radius 2 is 1.69 bits per heavy atom. The summed E-state index contributed by atoms with van der Waals surface area (Å²) in [6.07, 6.45) is 2.25. The molecule has 0 bridgehead atoms. The highest BCUT2D eigenvalue weighted by molar-refractivity contribution is 5.94. The quantitative estimate of drug-likeness (QED) is 0.382. The van der Waals surface area contributed by atoms with E-state index < -0.39 is 0 Å². The topological polar surface area (TPSA) is 120 Å². The summed E-state index contributed by atoms with van der Waals surface area (Å²) >= 11 is 0. The Balaban J connectivity index is 1.32. The molecule has 35 heavy (non-hydrogen) atoms. The number of carbonyl (C=O) groups excluding carboxylic acids is 2. The third-order valence-corrected chi connectivity index (χ3v) is 5.45. The molecular weight excluding hydrogens is 448 g/mol. The molecule has 10 nitrogen and oxygen atoms in total. The third-order valence-electron chi connectivity index (χ3n) is 5.45. The van der Waals surface area contributed by atoms with Crippen molar-refractivity contribution in [1.29, 1.82) is 0 Å². The lowest BCUT2D eigenvalue weighted by Crippen LogP contribution is -2.20. The summed E-state index contributed by atoms with van der Waals surface area (Å²) in [4.78, 5) is 33.5. The monoisotopic (exact) mass is 474 g/mol. The van der Waals surface area contributed by atoms with Crippen molar-refractivity contribution >= 4 is 29.0 Å². The molecule has 0 aliphatic heterocycles. The number of anilines is 2. The van der Waals surface area contributed by atoms with E-state index in [1.807, 2.05) is 19.9 Å². The Morgan fingerprint density at radius 3 is 2.43 bits per heavy atom. The summed E-state index contributed by atoms with van der Waals surface area (Å²) in [5, 5.41) is 9.83. The minimum Gasteiger partial charge on any atom is -0.493 e. The van der Waals surface area contributed by atoms with Gasteiger partial charge in [-0.05, 0) is 56.2 Å². The number of nitrogens with one attached hydrogen (secondary N) is 2. The van der Waals surface area contributed by atoms with E-state index in [0.29, 0.717) is 35.1 Å². The summed E-state index contributed by atoms with van der Waals surface area (Å²) < 4.78 is 12.4. The van der Waals surface area contributed by atoms with Crippen LogP contribution in [-0.2, 0) is 16.0 Å². The summed E-state index contributed by atoms with van der Waals surface area (Å²) in [5.74, 6) is 1.09. The van der Waals surface area contributed by atoms with Crippen molar-refractivity contribution in [3.05, 3.63) is 71.8 Å². The summed E-state index contributed by atoms with van der Waals surface area (Å²) in [7, 11) is 1.54. The maximum Gasteiger partial charge on any atom is 0.262 e. The molecule has 4 rings (SSSR count).